The van der Waals surface area contributed by atoms with Crippen LogP contribution in [0.15, 0.2) is 12.1 Å². The molecule has 0 saturated carbocycles. The molecule has 0 unspecified atom stereocenters. The van der Waals surface area contributed by atoms with Crippen molar-refractivity contribution in [3.8, 4) is 0 Å². The zero-order chi connectivity index (χ0) is 10.3. The number of hydrogen-bond acceptors (Lipinski definition) is 4. The Morgan fingerprint density at radius 1 is 1.43 bits per heavy atom. The predicted octanol–water partition coefficient (Wildman–Crippen LogP) is 3.51. The molecule has 1 aromatic carbocycles. The van der Waals surface area contributed by atoms with Gasteiger partial charge in [-0.15, -0.1) is 0 Å². The Labute approximate surface area is 92.4 Å². The van der Waals surface area contributed by atoms with Crippen molar-refractivity contribution < 1.29 is 4.92 Å². The van der Waals surface area contributed by atoms with E-state index in [1.165, 1.54) is 6.07 Å². The van der Waals surface area contributed by atoms with Crippen LogP contribution in [0, 0.1) is 10.1 Å². The van der Waals surface area contributed by atoms with Crippen LogP contribution in [0.25, 0.3) is 10.9 Å². The van der Waals surface area contributed by atoms with Crippen LogP contribution >= 0.6 is 34.7 Å². The minimum Gasteiger partial charge on any atom is -0.258 e. The van der Waals surface area contributed by atoms with Crippen molar-refractivity contribution in [3.63, 3.8) is 0 Å². The molecule has 0 aliphatic rings. The molecule has 14 heavy (non-hydrogen) atoms. The third kappa shape index (κ3) is 1.33. The quantitative estimate of drug-likeness (QED) is 0.573. The van der Waals surface area contributed by atoms with Gasteiger partial charge in [0.15, 0.2) is 0 Å². The number of nitrogens with zero attached hydrogens (tertiary/aromatic N) is 2. The Balaban J connectivity index is 2.94. The van der Waals surface area contributed by atoms with Gasteiger partial charge in [0.05, 0.1) is 10.4 Å². The second-order valence-corrected chi connectivity index (χ2v) is 4.29. The maximum atomic E-state index is 10.7. The molecule has 0 radical (unpaired) electrons. The van der Waals surface area contributed by atoms with Gasteiger partial charge in [-0.1, -0.05) is 23.2 Å². The van der Waals surface area contributed by atoms with Gasteiger partial charge in [-0.3, -0.25) is 10.1 Å². The minimum atomic E-state index is -0.551. The van der Waals surface area contributed by atoms with E-state index in [1.54, 1.807) is 6.07 Å². The summed E-state index contributed by atoms with van der Waals surface area (Å²) >= 11 is 12.5. The van der Waals surface area contributed by atoms with Crippen LogP contribution in [0.5, 0.6) is 0 Å². The van der Waals surface area contributed by atoms with Gasteiger partial charge in [-0.2, -0.15) is 4.37 Å². The highest BCUT2D eigenvalue weighted by Crippen LogP contribution is 2.38. The molecule has 7 heteroatoms. The minimum absolute atomic E-state index is 0.0737. The van der Waals surface area contributed by atoms with E-state index in [0.29, 0.717) is 10.9 Å². The molecular formula is C7H2Cl2N2O2S. The third-order valence-corrected chi connectivity index (χ3v) is 3.06. The molecule has 0 spiro atoms. The van der Waals surface area contributed by atoms with Crippen molar-refractivity contribution in [3.05, 3.63) is 31.6 Å². The summed E-state index contributed by atoms with van der Waals surface area (Å²) in [6.45, 7) is 0. The Morgan fingerprint density at radius 3 is 2.79 bits per heavy atom. The SMILES string of the molecule is O=[N+]([O-])c1c(Cl)ccc2nsc(Cl)c12. The molecule has 0 N–H and O–H groups in total. The largest absolute Gasteiger partial charge is 0.299 e. The fourth-order valence-electron chi connectivity index (χ4n) is 1.14. The van der Waals surface area contributed by atoms with Crippen molar-refractivity contribution in [1.82, 2.24) is 4.37 Å². The van der Waals surface area contributed by atoms with Crippen LogP contribution in [-0.4, -0.2) is 9.30 Å². The first-order chi connectivity index (χ1) is 6.61. The van der Waals surface area contributed by atoms with Crippen LogP contribution in [-0.2, 0) is 0 Å². The molecule has 2 rings (SSSR count). The van der Waals surface area contributed by atoms with Crippen molar-refractivity contribution in [1.29, 1.82) is 0 Å². The summed E-state index contributed by atoms with van der Waals surface area (Å²) in [5.74, 6) is 0. The zero-order valence-corrected chi connectivity index (χ0v) is 8.86. The highest BCUT2D eigenvalue weighted by molar-refractivity contribution is 7.12. The number of hydrogen-bond donors (Lipinski definition) is 0. The average molecular weight is 249 g/mol. The molecule has 0 bridgehead atoms. The second-order valence-electron chi connectivity index (χ2n) is 2.50. The van der Waals surface area contributed by atoms with Gasteiger partial charge in [0, 0.05) is 0 Å². The fourth-order valence-corrected chi connectivity index (χ4v) is 2.28. The Bertz CT molecular complexity index is 526. The van der Waals surface area contributed by atoms with Gasteiger partial charge in [0.1, 0.15) is 14.7 Å². The normalized spacial score (nSPS) is 10.7. The van der Waals surface area contributed by atoms with Crippen LogP contribution in [0.2, 0.25) is 9.36 Å². The van der Waals surface area contributed by atoms with E-state index in [2.05, 4.69) is 4.37 Å². The molecule has 2 aromatic rings. The van der Waals surface area contributed by atoms with Gasteiger partial charge in [-0.25, -0.2) is 0 Å². The van der Waals surface area contributed by atoms with Crippen molar-refractivity contribution in [2.24, 2.45) is 0 Å². The number of nitro benzene ring substituents is 1. The lowest BCUT2D eigenvalue weighted by atomic mass is 10.2. The fraction of sp³-hybridized carbons (Fsp3) is 0. The summed E-state index contributed by atoms with van der Waals surface area (Å²) in [4.78, 5) is 10.2. The predicted molar refractivity (Wildman–Crippen MR) is 56.3 cm³/mol. The molecule has 0 fully saturated rings. The number of nitro groups is 1. The number of fused-ring (bicyclic) bond motifs is 1. The van der Waals surface area contributed by atoms with E-state index in [9.17, 15) is 10.1 Å². The molecule has 72 valence electrons. The zero-order valence-electron chi connectivity index (χ0n) is 6.53. The molecule has 0 atom stereocenters. The first kappa shape index (κ1) is 9.64. The highest BCUT2D eigenvalue weighted by Gasteiger charge is 2.21. The number of aromatic nitrogens is 1. The van der Waals surface area contributed by atoms with Crippen molar-refractivity contribution >= 4 is 51.3 Å². The van der Waals surface area contributed by atoms with Gasteiger partial charge >= 0.3 is 0 Å². The van der Waals surface area contributed by atoms with Gasteiger partial charge in [0.2, 0.25) is 0 Å². The maximum Gasteiger partial charge on any atom is 0.299 e. The summed E-state index contributed by atoms with van der Waals surface area (Å²) < 4.78 is 4.24. The number of halogens is 2. The second kappa shape index (κ2) is 3.34. The van der Waals surface area contributed by atoms with E-state index in [0.717, 1.165) is 11.5 Å². The van der Waals surface area contributed by atoms with Crippen molar-refractivity contribution in [2.45, 2.75) is 0 Å². The topological polar surface area (TPSA) is 56.0 Å². The van der Waals surface area contributed by atoms with Crippen LogP contribution in [0.1, 0.15) is 0 Å². The molecule has 0 aliphatic carbocycles. The van der Waals surface area contributed by atoms with Crippen LogP contribution in [0.4, 0.5) is 5.69 Å². The summed E-state index contributed by atoms with van der Waals surface area (Å²) in [6, 6.07) is 3.05. The smallest absolute Gasteiger partial charge is 0.258 e. The third-order valence-electron chi connectivity index (χ3n) is 1.71. The number of benzene rings is 1. The Morgan fingerprint density at radius 2 is 2.14 bits per heavy atom. The van der Waals surface area contributed by atoms with Crippen LogP contribution in [0.3, 0.4) is 0 Å². The monoisotopic (exact) mass is 248 g/mol. The molecule has 1 heterocycles. The summed E-state index contributed by atoms with van der Waals surface area (Å²) in [5, 5.41) is 11.1. The lowest BCUT2D eigenvalue weighted by Gasteiger charge is -1.95. The van der Waals surface area contributed by atoms with E-state index in [-0.39, 0.29) is 15.0 Å². The molecular weight excluding hydrogens is 247 g/mol. The number of rotatable bonds is 1. The first-order valence-corrected chi connectivity index (χ1v) is 5.02. The first-order valence-electron chi connectivity index (χ1n) is 3.49. The van der Waals surface area contributed by atoms with E-state index >= 15 is 0 Å². The standard InChI is InChI=1S/C7H2Cl2N2O2S/c8-3-1-2-4-5(6(3)11(12)13)7(9)14-10-4/h1-2H. The lowest BCUT2D eigenvalue weighted by Crippen LogP contribution is -1.89. The molecule has 0 saturated heterocycles. The van der Waals surface area contributed by atoms with E-state index < -0.39 is 4.92 Å². The molecule has 1 aromatic heterocycles. The summed E-state index contributed by atoms with van der Waals surface area (Å²) in [6.07, 6.45) is 0. The molecule has 0 amide bonds. The Hall–Kier alpha value is -0.910. The average Bonchev–Trinajstić information content (AvgIpc) is 2.47. The van der Waals surface area contributed by atoms with Crippen LogP contribution < -0.4 is 0 Å². The van der Waals surface area contributed by atoms with E-state index in [4.69, 9.17) is 23.2 Å². The summed E-state index contributed by atoms with van der Waals surface area (Å²) in [7, 11) is 0. The highest BCUT2D eigenvalue weighted by atomic mass is 35.5. The van der Waals surface area contributed by atoms with E-state index in [1.807, 2.05) is 0 Å². The molecule has 0 aliphatic heterocycles. The van der Waals surface area contributed by atoms with Crippen molar-refractivity contribution in [2.75, 3.05) is 0 Å². The maximum absolute atomic E-state index is 10.7. The molecule has 4 nitrogen and oxygen atoms in total. The van der Waals surface area contributed by atoms with Gasteiger partial charge < -0.3 is 0 Å². The Kier molecular flexibility index (Phi) is 2.30. The lowest BCUT2D eigenvalue weighted by molar-refractivity contribution is -0.382. The van der Waals surface area contributed by atoms with Gasteiger partial charge in [-0.05, 0) is 23.7 Å². The van der Waals surface area contributed by atoms with Gasteiger partial charge in [0.25, 0.3) is 5.69 Å². The summed E-state index contributed by atoms with van der Waals surface area (Å²) in [5.41, 5.74) is 0.319.